The Bertz CT molecular complexity index is 767. The molecule has 7 nitrogen and oxygen atoms in total. The van der Waals surface area contributed by atoms with Gasteiger partial charge in [0.15, 0.2) is 0 Å². The number of hydrogen-bond donors (Lipinski definition) is 4. The number of aromatic amines is 1. The van der Waals surface area contributed by atoms with Crippen LogP contribution in [-0.4, -0.2) is 27.1 Å². The number of nitrogens with zero attached hydrogens (tertiary/aromatic N) is 1. The van der Waals surface area contributed by atoms with Gasteiger partial charge in [-0.1, -0.05) is 12.1 Å². The molecule has 22 heavy (non-hydrogen) atoms. The SMILES string of the molecule is Nc1nc2c(c(=O)[nH]1)CC(CCc1ccc(C(=O)O)cc1)N2. The fraction of sp³-hybridized carbons (Fsp3) is 0.267. The number of carboxylic acid groups (broad SMARTS) is 1. The summed E-state index contributed by atoms with van der Waals surface area (Å²) in [6, 6.07) is 6.95. The Morgan fingerprint density at radius 3 is 2.77 bits per heavy atom. The molecular formula is C15H16N4O3. The normalized spacial score (nSPS) is 16.1. The van der Waals surface area contributed by atoms with Gasteiger partial charge < -0.3 is 16.2 Å². The second kappa shape index (κ2) is 5.51. The quantitative estimate of drug-likeness (QED) is 0.669. The van der Waals surface area contributed by atoms with Gasteiger partial charge in [0, 0.05) is 12.5 Å². The number of aromatic carboxylic acids is 1. The maximum absolute atomic E-state index is 11.8. The number of aryl methyl sites for hydroxylation is 1. The van der Waals surface area contributed by atoms with Crippen molar-refractivity contribution in [3.63, 3.8) is 0 Å². The molecule has 1 aliphatic rings. The lowest BCUT2D eigenvalue weighted by molar-refractivity contribution is 0.0697. The van der Waals surface area contributed by atoms with E-state index in [0.29, 0.717) is 17.8 Å². The highest BCUT2D eigenvalue weighted by molar-refractivity contribution is 5.87. The van der Waals surface area contributed by atoms with Crippen molar-refractivity contribution in [1.29, 1.82) is 0 Å². The van der Waals surface area contributed by atoms with Crippen LogP contribution < -0.4 is 16.6 Å². The lowest BCUT2D eigenvalue weighted by Crippen LogP contribution is -2.17. The van der Waals surface area contributed by atoms with Crippen LogP contribution in [0.3, 0.4) is 0 Å². The van der Waals surface area contributed by atoms with Crippen molar-refractivity contribution in [1.82, 2.24) is 9.97 Å². The minimum Gasteiger partial charge on any atom is -0.478 e. The molecule has 0 radical (unpaired) electrons. The summed E-state index contributed by atoms with van der Waals surface area (Å²) < 4.78 is 0. The number of nitrogen functional groups attached to an aromatic ring is 1. The van der Waals surface area contributed by atoms with E-state index in [-0.39, 0.29) is 23.1 Å². The molecule has 5 N–H and O–H groups in total. The van der Waals surface area contributed by atoms with Crippen molar-refractivity contribution in [3.8, 4) is 0 Å². The monoisotopic (exact) mass is 300 g/mol. The molecule has 2 aromatic rings. The second-order valence-corrected chi connectivity index (χ2v) is 5.36. The zero-order valence-electron chi connectivity index (χ0n) is 11.8. The van der Waals surface area contributed by atoms with Crippen molar-refractivity contribution in [2.75, 3.05) is 11.1 Å². The van der Waals surface area contributed by atoms with Gasteiger partial charge in [0.05, 0.1) is 11.1 Å². The molecular weight excluding hydrogens is 284 g/mol. The summed E-state index contributed by atoms with van der Waals surface area (Å²) in [5, 5.41) is 12.1. The van der Waals surface area contributed by atoms with Crippen LogP contribution in [0.15, 0.2) is 29.1 Å². The topological polar surface area (TPSA) is 121 Å². The van der Waals surface area contributed by atoms with Crippen LogP contribution in [0.4, 0.5) is 11.8 Å². The lowest BCUT2D eigenvalue weighted by atomic mass is 10.0. The number of benzene rings is 1. The third-order valence-corrected chi connectivity index (χ3v) is 3.81. The van der Waals surface area contributed by atoms with Crippen LogP contribution in [0, 0.1) is 0 Å². The maximum atomic E-state index is 11.8. The average molecular weight is 300 g/mol. The number of carboxylic acids is 1. The number of nitrogens with one attached hydrogen (secondary N) is 2. The molecule has 114 valence electrons. The van der Waals surface area contributed by atoms with Gasteiger partial charge in [-0.2, -0.15) is 4.98 Å². The van der Waals surface area contributed by atoms with Gasteiger partial charge in [0.1, 0.15) is 5.82 Å². The van der Waals surface area contributed by atoms with E-state index in [1.54, 1.807) is 12.1 Å². The Morgan fingerprint density at radius 2 is 2.09 bits per heavy atom. The molecule has 1 atom stereocenters. The molecule has 0 aliphatic carbocycles. The minimum atomic E-state index is -0.928. The van der Waals surface area contributed by atoms with Gasteiger partial charge >= 0.3 is 5.97 Å². The van der Waals surface area contributed by atoms with Crippen molar-refractivity contribution >= 4 is 17.7 Å². The highest BCUT2D eigenvalue weighted by Crippen LogP contribution is 2.23. The zero-order valence-corrected chi connectivity index (χ0v) is 11.8. The van der Waals surface area contributed by atoms with Crippen LogP contribution in [0.25, 0.3) is 0 Å². The summed E-state index contributed by atoms with van der Waals surface area (Å²) in [6.45, 7) is 0. The summed E-state index contributed by atoms with van der Waals surface area (Å²) in [6.07, 6.45) is 2.23. The lowest BCUT2D eigenvalue weighted by Gasteiger charge is -2.10. The van der Waals surface area contributed by atoms with Gasteiger partial charge in [0.25, 0.3) is 5.56 Å². The first-order valence-corrected chi connectivity index (χ1v) is 7.00. The molecule has 0 saturated carbocycles. The molecule has 0 saturated heterocycles. The van der Waals surface area contributed by atoms with E-state index in [9.17, 15) is 9.59 Å². The molecule has 3 rings (SSSR count). The summed E-state index contributed by atoms with van der Waals surface area (Å²) in [5.41, 5.74) is 7.31. The van der Waals surface area contributed by atoms with Crippen LogP contribution >= 0.6 is 0 Å². The van der Waals surface area contributed by atoms with Gasteiger partial charge in [-0.15, -0.1) is 0 Å². The summed E-state index contributed by atoms with van der Waals surface area (Å²) in [4.78, 5) is 29.2. The van der Waals surface area contributed by atoms with Crippen molar-refractivity contribution < 1.29 is 9.90 Å². The van der Waals surface area contributed by atoms with E-state index in [4.69, 9.17) is 10.8 Å². The molecule has 0 bridgehead atoms. The van der Waals surface area contributed by atoms with Crippen molar-refractivity contribution in [2.45, 2.75) is 25.3 Å². The summed E-state index contributed by atoms with van der Waals surface area (Å²) >= 11 is 0. The summed E-state index contributed by atoms with van der Waals surface area (Å²) in [5.74, 6) is -0.254. The number of rotatable bonds is 4. The standard InChI is InChI=1S/C15H16N4O3/c16-15-18-12-11(13(20)19-15)7-10(17-12)6-3-8-1-4-9(5-2-8)14(21)22/h1-2,4-5,10H,3,6-7H2,(H,21,22)(H4,16,17,18,19,20). The number of H-pyrrole nitrogens is 1. The molecule has 0 fully saturated rings. The number of carbonyl (C=O) groups is 1. The van der Waals surface area contributed by atoms with E-state index >= 15 is 0 Å². The van der Waals surface area contributed by atoms with Crippen LogP contribution in [-0.2, 0) is 12.8 Å². The summed E-state index contributed by atoms with van der Waals surface area (Å²) in [7, 11) is 0. The smallest absolute Gasteiger partial charge is 0.335 e. The third kappa shape index (κ3) is 2.78. The largest absolute Gasteiger partial charge is 0.478 e. The fourth-order valence-electron chi connectivity index (χ4n) is 2.64. The number of aromatic nitrogens is 2. The van der Waals surface area contributed by atoms with Crippen LogP contribution in [0.2, 0.25) is 0 Å². The van der Waals surface area contributed by atoms with E-state index in [2.05, 4.69) is 15.3 Å². The third-order valence-electron chi connectivity index (χ3n) is 3.81. The molecule has 1 unspecified atom stereocenters. The number of nitrogens with two attached hydrogens (primary N) is 1. The molecule has 1 aliphatic heterocycles. The Kier molecular flexibility index (Phi) is 3.54. The first-order valence-electron chi connectivity index (χ1n) is 7.00. The molecule has 0 spiro atoms. The first-order chi connectivity index (χ1) is 10.5. The van der Waals surface area contributed by atoms with Gasteiger partial charge in [0.2, 0.25) is 5.95 Å². The van der Waals surface area contributed by atoms with Gasteiger partial charge in [-0.25, -0.2) is 4.79 Å². The minimum absolute atomic E-state index is 0.112. The van der Waals surface area contributed by atoms with Gasteiger partial charge in [-0.3, -0.25) is 9.78 Å². The molecule has 0 amide bonds. The van der Waals surface area contributed by atoms with Gasteiger partial charge in [-0.05, 0) is 30.5 Å². The number of anilines is 2. The van der Waals surface area contributed by atoms with Crippen LogP contribution in [0.1, 0.15) is 27.9 Å². The number of hydrogen-bond acceptors (Lipinski definition) is 5. The Morgan fingerprint density at radius 1 is 1.36 bits per heavy atom. The zero-order chi connectivity index (χ0) is 15.7. The number of fused-ring (bicyclic) bond motifs is 1. The average Bonchev–Trinajstić information content (AvgIpc) is 2.89. The Hall–Kier alpha value is -2.83. The Balaban J connectivity index is 1.63. The predicted octanol–water partition coefficient (Wildman–Crippen LogP) is 1.02. The first kappa shape index (κ1) is 14.1. The van der Waals surface area contributed by atoms with E-state index in [0.717, 1.165) is 18.4 Å². The van der Waals surface area contributed by atoms with E-state index in [1.807, 2.05) is 12.1 Å². The predicted molar refractivity (Wildman–Crippen MR) is 82.1 cm³/mol. The highest BCUT2D eigenvalue weighted by atomic mass is 16.4. The van der Waals surface area contributed by atoms with E-state index < -0.39 is 5.97 Å². The molecule has 1 aromatic heterocycles. The fourth-order valence-corrected chi connectivity index (χ4v) is 2.64. The second-order valence-electron chi connectivity index (χ2n) is 5.36. The highest BCUT2D eigenvalue weighted by Gasteiger charge is 2.24. The maximum Gasteiger partial charge on any atom is 0.335 e. The molecule has 1 aromatic carbocycles. The Labute approximate surface area is 126 Å². The van der Waals surface area contributed by atoms with Crippen LogP contribution in [0.5, 0.6) is 0 Å². The van der Waals surface area contributed by atoms with Crippen molar-refractivity contribution in [2.24, 2.45) is 0 Å². The van der Waals surface area contributed by atoms with Crippen molar-refractivity contribution in [3.05, 3.63) is 51.3 Å². The molecule has 2 heterocycles. The van der Waals surface area contributed by atoms with E-state index in [1.165, 1.54) is 0 Å². The molecule has 7 heteroatoms.